The Morgan fingerprint density at radius 3 is 3.12 bits per heavy atom. The molecule has 26 heavy (non-hydrogen) atoms. The summed E-state index contributed by atoms with van der Waals surface area (Å²) in [6, 6.07) is 7.20. The molecule has 1 amide bonds. The van der Waals surface area contributed by atoms with E-state index in [2.05, 4.69) is 15.3 Å². The van der Waals surface area contributed by atoms with Gasteiger partial charge in [-0.15, -0.1) is 11.3 Å². The van der Waals surface area contributed by atoms with Gasteiger partial charge < -0.3 is 15.0 Å². The maximum atomic E-state index is 12.4. The van der Waals surface area contributed by atoms with Crippen molar-refractivity contribution in [3.63, 3.8) is 0 Å². The van der Waals surface area contributed by atoms with Gasteiger partial charge in [-0.3, -0.25) is 9.59 Å². The number of amides is 1. The highest BCUT2D eigenvalue weighted by Gasteiger charge is 2.21. The zero-order valence-corrected chi connectivity index (χ0v) is 15.2. The lowest BCUT2D eigenvalue weighted by Gasteiger charge is -2.07. The third-order valence-electron chi connectivity index (χ3n) is 4.57. The molecule has 0 bridgehead atoms. The first-order valence-electron chi connectivity index (χ1n) is 8.61. The van der Waals surface area contributed by atoms with E-state index in [-0.39, 0.29) is 17.9 Å². The molecule has 4 rings (SSSR count). The Morgan fingerprint density at radius 2 is 2.27 bits per heavy atom. The van der Waals surface area contributed by atoms with Gasteiger partial charge in [-0.05, 0) is 37.0 Å². The maximum Gasteiger partial charge on any atom is 0.259 e. The van der Waals surface area contributed by atoms with Crippen molar-refractivity contribution in [2.45, 2.75) is 32.1 Å². The van der Waals surface area contributed by atoms with Crippen LogP contribution in [0.2, 0.25) is 0 Å². The smallest absolute Gasteiger partial charge is 0.259 e. The van der Waals surface area contributed by atoms with Gasteiger partial charge in [0.2, 0.25) is 5.91 Å². The molecule has 134 valence electrons. The molecule has 0 radical (unpaired) electrons. The zero-order chi connectivity index (χ0) is 18.1. The van der Waals surface area contributed by atoms with E-state index in [9.17, 15) is 9.59 Å². The number of thiophene rings is 1. The molecule has 2 heterocycles. The van der Waals surface area contributed by atoms with Gasteiger partial charge in [-0.1, -0.05) is 6.07 Å². The molecule has 0 fully saturated rings. The van der Waals surface area contributed by atoms with Crippen LogP contribution in [0.5, 0.6) is 5.75 Å². The summed E-state index contributed by atoms with van der Waals surface area (Å²) in [6.45, 7) is 0. The van der Waals surface area contributed by atoms with Gasteiger partial charge >= 0.3 is 0 Å². The molecule has 0 unspecified atom stereocenters. The summed E-state index contributed by atoms with van der Waals surface area (Å²) in [4.78, 5) is 34.1. The number of rotatable bonds is 5. The van der Waals surface area contributed by atoms with Crippen molar-refractivity contribution < 1.29 is 9.53 Å². The van der Waals surface area contributed by atoms with Crippen LogP contribution in [-0.4, -0.2) is 23.0 Å². The second-order valence-corrected chi connectivity index (χ2v) is 7.41. The standard InChI is InChI=1S/C19H19N3O3S/c1-25-12-5-2-4-11(10-12)20-16(23)9-8-15-21-18(24)17-13-6-3-7-14(13)26-19(17)22-15/h2,4-5,10H,3,6-9H2,1H3,(H,20,23)(H,21,22,24). The maximum absolute atomic E-state index is 12.4. The number of nitrogens with zero attached hydrogens (tertiary/aromatic N) is 1. The highest BCUT2D eigenvalue weighted by atomic mass is 32.1. The Hall–Kier alpha value is -2.67. The number of fused-ring (bicyclic) bond motifs is 3. The van der Waals surface area contributed by atoms with Crippen LogP contribution < -0.4 is 15.6 Å². The molecule has 2 aromatic heterocycles. The van der Waals surface area contributed by atoms with Crippen molar-refractivity contribution in [3.8, 4) is 5.75 Å². The topological polar surface area (TPSA) is 84.1 Å². The van der Waals surface area contributed by atoms with E-state index in [0.717, 1.165) is 29.5 Å². The number of anilines is 1. The first-order chi connectivity index (χ1) is 12.6. The summed E-state index contributed by atoms with van der Waals surface area (Å²) in [6.07, 6.45) is 3.75. The third kappa shape index (κ3) is 3.22. The van der Waals surface area contributed by atoms with Crippen LogP contribution in [0.4, 0.5) is 5.69 Å². The van der Waals surface area contributed by atoms with Gasteiger partial charge in [0.25, 0.3) is 5.56 Å². The van der Waals surface area contributed by atoms with E-state index in [1.54, 1.807) is 30.6 Å². The lowest BCUT2D eigenvalue weighted by molar-refractivity contribution is -0.116. The molecule has 0 atom stereocenters. The number of methoxy groups -OCH3 is 1. The average molecular weight is 369 g/mol. The fourth-order valence-electron chi connectivity index (χ4n) is 3.32. The monoisotopic (exact) mass is 369 g/mol. The predicted molar refractivity (Wildman–Crippen MR) is 102 cm³/mol. The fourth-order valence-corrected chi connectivity index (χ4v) is 4.60. The first-order valence-corrected chi connectivity index (χ1v) is 9.43. The molecule has 1 aromatic carbocycles. The van der Waals surface area contributed by atoms with Crippen molar-refractivity contribution in [1.82, 2.24) is 9.97 Å². The van der Waals surface area contributed by atoms with Crippen molar-refractivity contribution in [2.24, 2.45) is 0 Å². The third-order valence-corrected chi connectivity index (χ3v) is 5.75. The van der Waals surface area contributed by atoms with Gasteiger partial charge in [-0.2, -0.15) is 0 Å². The SMILES string of the molecule is COc1cccc(NC(=O)CCc2nc3sc4c(c3c(=O)[nH]2)CCC4)c1. The highest BCUT2D eigenvalue weighted by Crippen LogP contribution is 2.34. The number of carbonyl (C=O) groups is 1. The Morgan fingerprint density at radius 1 is 1.38 bits per heavy atom. The number of benzene rings is 1. The molecule has 3 aromatic rings. The molecule has 0 saturated carbocycles. The van der Waals surface area contributed by atoms with Crippen LogP contribution in [0.15, 0.2) is 29.1 Å². The number of aromatic nitrogens is 2. The molecule has 1 aliphatic rings. The van der Waals surface area contributed by atoms with Gasteiger partial charge in [0.15, 0.2) is 0 Å². The molecule has 0 saturated heterocycles. The average Bonchev–Trinajstić information content (AvgIpc) is 3.20. The molecule has 6 nitrogen and oxygen atoms in total. The highest BCUT2D eigenvalue weighted by molar-refractivity contribution is 7.18. The fraction of sp³-hybridized carbons (Fsp3) is 0.316. The molecular weight excluding hydrogens is 350 g/mol. The van der Waals surface area contributed by atoms with E-state index in [4.69, 9.17) is 4.74 Å². The quantitative estimate of drug-likeness (QED) is 0.724. The Labute approximate surface area is 154 Å². The summed E-state index contributed by atoms with van der Waals surface area (Å²) >= 11 is 1.61. The molecule has 1 aliphatic carbocycles. The minimum atomic E-state index is -0.130. The van der Waals surface area contributed by atoms with Gasteiger partial charge in [-0.25, -0.2) is 4.98 Å². The van der Waals surface area contributed by atoms with Crippen LogP contribution in [0.25, 0.3) is 10.2 Å². The lowest BCUT2D eigenvalue weighted by Crippen LogP contribution is -2.16. The van der Waals surface area contributed by atoms with Gasteiger partial charge in [0, 0.05) is 29.5 Å². The lowest BCUT2D eigenvalue weighted by atomic mass is 10.2. The summed E-state index contributed by atoms with van der Waals surface area (Å²) in [5.41, 5.74) is 1.76. The normalized spacial score (nSPS) is 13.0. The van der Waals surface area contributed by atoms with Crippen LogP contribution >= 0.6 is 11.3 Å². The number of nitrogens with one attached hydrogen (secondary N) is 2. The number of hydrogen-bond donors (Lipinski definition) is 2. The second-order valence-electron chi connectivity index (χ2n) is 6.33. The minimum absolute atomic E-state index is 0.0856. The summed E-state index contributed by atoms with van der Waals surface area (Å²) in [7, 11) is 1.58. The Kier molecular flexibility index (Phi) is 4.46. The van der Waals surface area contributed by atoms with E-state index in [1.165, 1.54) is 10.4 Å². The van der Waals surface area contributed by atoms with Crippen LogP contribution in [0.3, 0.4) is 0 Å². The van der Waals surface area contributed by atoms with Crippen molar-refractivity contribution in [2.75, 3.05) is 12.4 Å². The van der Waals surface area contributed by atoms with Gasteiger partial charge in [0.05, 0.1) is 12.5 Å². The number of ether oxygens (including phenoxy) is 1. The van der Waals surface area contributed by atoms with E-state index in [1.807, 2.05) is 12.1 Å². The van der Waals surface area contributed by atoms with E-state index < -0.39 is 0 Å². The van der Waals surface area contributed by atoms with E-state index in [0.29, 0.717) is 23.7 Å². The number of H-pyrrole nitrogens is 1. The predicted octanol–water partition coefficient (Wildman–Crippen LogP) is 3.05. The Bertz CT molecular complexity index is 1040. The summed E-state index contributed by atoms with van der Waals surface area (Å²) in [5.74, 6) is 1.11. The molecule has 0 spiro atoms. The first kappa shape index (κ1) is 16.8. The summed E-state index contributed by atoms with van der Waals surface area (Å²) < 4.78 is 5.15. The van der Waals surface area contributed by atoms with Crippen LogP contribution in [0.1, 0.15) is 29.1 Å². The van der Waals surface area contributed by atoms with Crippen molar-refractivity contribution >= 4 is 33.1 Å². The molecule has 2 N–H and O–H groups in total. The van der Waals surface area contributed by atoms with Crippen LogP contribution in [-0.2, 0) is 24.1 Å². The van der Waals surface area contributed by atoms with Gasteiger partial charge in [0.1, 0.15) is 16.4 Å². The number of carbonyl (C=O) groups excluding carboxylic acids is 1. The van der Waals surface area contributed by atoms with Crippen molar-refractivity contribution in [1.29, 1.82) is 0 Å². The van der Waals surface area contributed by atoms with E-state index >= 15 is 0 Å². The Balaban J connectivity index is 1.46. The number of aromatic amines is 1. The van der Waals surface area contributed by atoms with Crippen molar-refractivity contribution in [3.05, 3.63) is 50.9 Å². The summed E-state index contributed by atoms with van der Waals surface area (Å²) in [5, 5.41) is 3.58. The number of aryl methyl sites for hydroxylation is 3. The van der Waals surface area contributed by atoms with Crippen LogP contribution in [0, 0.1) is 0 Å². The minimum Gasteiger partial charge on any atom is -0.497 e. The molecule has 0 aliphatic heterocycles. The molecule has 7 heteroatoms. The second kappa shape index (κ2) is 6.92. The number of hydrogen-bond acceptors (Lipinski definition) is 5. The zero-order valence-electron chi connectivity index (χ0n) is 14.4. The largest absolute Gasteiger partial charge is 0.497 e. The molecular formula is C19H19N3O3S.